The first-order valence-electron chi connectivity index (χ1n) is 9.04. The number of halogens is 2. The number of carboxylic acids is 1. The van der Waals surface area contributed by atoms with Crippen LogP contribution in [0.1, 0.15) is 44.1 Å². The Balaban J connectivity index is 1.49. The summed E-state index contributed by atoms with van der Waals surface area (Å²) >= 11 is 12.0. The van der Waals surface area contributed by atoms with Gasteiger partial charge in [0.25, 0.3) is 0 Å². The molecule has 0 spiro atoms. The predicted octanol–water partition coefficient (Wildman–Crippen LogP) is 3.54. The number of nitrogens with zero attached hydrogens (tertiary/aromatic N) is 1. The molecular weight excluding hydrogens is 375 g/mol. The number of carboxylic acid groups (broad SMARTS) is 1. The predicted molar refractivity (Wildman–Crippen MR) is 102 cm³/mol. The van der Waals surface area contributed by atoms with Crippen molar-refractivity contribution in [3.8, 4) is 0 Å². The van der Waals surface area contributed by atoms with Gasteiger partial charge in [-0.2, -0.15) is 0 Å². The van der Waals surface area contributed by atoms with E-state index in [2.05, 4.69) is 10.2 Å². The number of benzene rings is 1. The molecule has 0 heterocycles. The van der Waals surface area contributed by atoms with Gasteiger partial charge >= 0.3 is 5.97 Å². The summed E-state index contributed by atoms with van der Waals surface area (Å²) in [5, 5.41) is 13.1. The highest BCUT2D eigenvalue weighted by Gasteiger charge is 2.38. The van der Waals surface area contributed by atoms with E-state index < -0.39 is 5.97 Å². The zero-order valence-corrected chi connectivity index (χ0v) is 16.3. The quantitative estimate of drug-likeness (QED) is 0.702. The molecule has 0 aliphatic heterocycles. The Morgan fingerprint density at radius 3 is 2.54 bits per heavy atom. The molecule has 0 saturated heterocycles. The van der Waals surface area contributed by atoms with Crippen molar-refractivity contribution in [1.29, 1.82) is 0 Å². The fourth-order valence-corrected chi connectivity index (χ4v) is 3.72. The number of carbonyl (C=O) groups is 2. The SMILES string of the molecule is CC(C(=O)NC1CC(N(CC(=O)O)CC2CC2)C1)c1ccc(Cl)c(Cl)c1. The van der Waals surface area contributed by atoms with E-state index in [-0.39, 0.29) is 30.5 Å². The topological polar surface area (TPSA) is 69.6 Å². The summed E-state index contributed by atoms with van der Waals surface area (Å²) < 4.78 is 0. The van der Waals surface area contributed by atoms with Gasteiger partial charge in [-0.3, -0.25) is 14.5 Å². The molecule has 1 unspecified atom stereocenters. The largest absolute Gasteiger partial charge is 0.480 e. The Hall–Kier alpha value is -1.30. The van der Waals surface area contributed by atoms with Crippen LogP contribution in [0, 0.1) is 5.92 Å². The van der Waals surface area contributed by atoms with E-state index in [9.17, 15) is 9.59 Å². The van der Waals surface area contributed by atoms with Gasteiger partial charge in [0.2, 0.25) is 5.91 Å². The van der Waals surface area contributed by atoms with Crippen LogP contribution in [0.15, 0.2) is 18.2 Å². The van der Waals surface area contributed by atoms with Gasteiger partial charge < -0.3 is 10.4 Å². The molecule has 26 heavy (non-hydrogen) atoms. The highest BCUT2D eigenvalue weighted by atomic mass is 35.5. The van der Waals surface area contributed by atoms with Crippen LogP contribution < -0.4 is 5.32 Å². The van der Waals surface area contributed by atoms with E-state index in [1.54, 1.807) is 12.1 Å². The maximum absolute atomic E-state index is 12.5. The molecule has 1 atom stereocenters. The van der Waals surface area contributed by atoms with Gasteiger partial charge in [0.05, 0.1) is 22.5 Å². The zero-order valence-electron chi connectivity index (χ0n) is 14.8. The average molecular weight is 399 g/mol. The molecule has 3 rings (SSSR count). The molecule has 7 heteroatoms. The van der Waals surface area contributed by atoms with E-state index >= 15 is 0 Å². The third-order valence-corrected chi connectivity index (χ3v) is 6.08. The van der Waals surface area contributed by atoms with Crippen molar-refractivity contribution in [1.82, 2.24) is 10.2 Å². The van der Waals surface area contributed by atoms with E-state index in [4.69, 9.17) is 28.3 Å². The van der Waals surface area contributed by atoms with Crippen molar-refractivity contribution in [2.75, 3.05) is 13.1 Å². The molecule has 2 saturated carbocycles. The molecule has 1 aromatic rings. The first kappa shape index (κ1) is 19.5. The first-order chi connectivity index (χ1) is 12.3. The van der Waals surface area contributed by atoms with Crippen molar-refractivity contribution in [3.63, 3.8) is 0 Å². The Kier molecular flexibility index (Phi) is 6.10. The number of hydrogen-bond acceptors (Lipinski definition) is 3. The number of aliphatic carboxylic acids is 1. The lowest BCUT2D eigenvalue weighted by Crippen LogP contribution is -2.55. The Bertz CT molecular complexity index is 687. The summed E-state index contributed by atoms with van der Waals surface area (Å²) in [7, 11) is 0. The fourth-order valence-electron chi connectivity index (χ4n) is 3.41. The number of carbonyl (C=O) groups excluding carboxylic acids is 1. The summed E-state index contributed by atoms with van der Waals surface area (Å²) in [6.45, 7) is 2.79. The van der Waals surface area contributed by atoms with Crippen LogP contribution in [-0.2, 0) is 9.59 Å². The highest BCUT2D eigenvalue weighted by Crippen LogP contribution is 2.34. The van der Waals surface area contributed by atoms with Crippen molar-refractivity contribution in [3.05, 3.63) is 33.8 Å². The van der Waals surface area contributed by atoms with Crippen LogP contribution in [0.2, 0.25) is 10.0 Å². The van der Waals surface area contributed by atoms with E-state index in [1.807, 2.05) is 13.0 Å². The molecule has 1 aromatic carbocycles. The lowest BCUT2D eigenvalue weighted by Gasteiger charge is -2.43. The summed E-state index contributed by atoms with van der Waals surface area (Å²) in [5.74, 6) is -0.492. The van der Waals surface area contributed by atoms with Crippen molar-refractivity contribution in [2.45, 2.75) is 50.6 Å². The maximum Gasteiger partial charge on any atom is 0.317 e. The molecule has 1 amide bonds. The van der Waals surface area contributed by atoms with Gasteiger partial charge in [0.1, 0.15) is 0 Å². The normalized spacial score (nSPS) is 23.4. The second-order valence-corrected chi connectivity index (χ2v) is 8.31. The van der Waals surface area contributed by atoms with E-state index in [0.29, 0.717) is 16.0 Å². The van der Waals surface area contributed by atoms with Crippen LogP contribution in [-0.4, -0.2) is 47.1 Å². The third kappa shape index (κ3) is 4.90. The lowest BCUT2D eigenvalue weighted by molar-refractivity contribution is -0.140. The Labute approximate surface area is 163 Å². The summed E-state index contributed by atoms with van der Waals surface area (Å²) in [4.78, 5) is 25.6. The fraction of sp³-hybridized carbons (Fsp3) is 0.579. The van der Waals surface area contributed by atoms with Gasteiger partial charge in [-0.1, -0.05) is 29.3 Å². The summed E-state index contributed by atoms with van der Waals surface area (Å²) in [5.41, 5.74) is 0.828. The number of nitrogens with one attached hydrogen (secondary N) is 1. The van der Waals surface area contributed by atoms with Crippen LogP contribution in [0.3, 0.4) is 0 Å². The molecule has 2 N–H and O–H groups in total. The molecule has 2 aliphatic carbocycles. The minimum atomic E-state index is -0.786. The van der Waals surface area contributed by atoms with Crippen molar-refractivity contribution >= 4 is 35.1 Å². The Morgan fingerprint density at radius 1 is 1.27 bits per heavy atom. The van der Waals surface area contributed by atoms with Gasteiger partial charge in [0, 0.05) is 18.6 Å². The minimum Gasteiger partial charge on any atom is -0.480 e. The smallest absolute Gasteiger partial charge is 0.317 e. The zero-order chi connectivity index (χ0) is 18.8. The molecule has 0 radical (unpaired) electrons. The minimum absolute atomic E-state index is 0.0428. The second-order valence-electron chi connectivity index (χ2n) is 7.49. The summed E-state index contributed by atoms with van der Waals surface area (Å²) in [6.07, 6.45) is 4.01. The third-order valence-electron chi connectivity index (χ3n) is 5.34. The first-order valence-corrected chi connectivity index (χ1v) is 9.80. The van der Waals surface area contributed by atoms with E-state index in [1.165, 1.54) is 12.8 Å². The molecule has 2 aliphatic rings. The average Bonchev–Trinajstić information content (AvgIpc) is 3.35. The molecular formula is C19H24Cl2N2O3. The van der Waals surface area contributed by atoms with Crippen LogP contribution in [0.25, 0.3) is 0 Å². The van der Waals surface area contributed by atoms with Crippen LogP contribution in [0.4, 0.5) is 0 Å². The highest BCUT2D eigenvalue weighted by molar-refractivity contribution is 6.42. The van der Waals surface area contributed by atoms with Crippen LogP contribution in [0.5, 0.6) is 0 Å². The van der Waals surface area contributed by atoms with E-state index in [0.717, 1.165) is 24.9 Å². The number of hydrogen-bond donors (Lipinski definition) is 2. The van der Waals surface area contributed by atoms with Crippen LogP contribution >= 0.6 is 23.2 Å². The monoisotopic (exact) mass is 398 g/mol. The molecule has 0 bridgehead atoms. The van der Waals surface area contributed by atoms with Gasteiger partial charge in [-0.15, -0.1) is 0 Å². The Morgan fingerprint density at radius 2 is 1.96 bits per heavy atom. The van der Waals surface area contributed by atoms with Gasteiger partial charge in [-0.25, -0.2) is 0 Å². The second kappa shape index (κ2) is 8.15. The molecule has 0 aromatic heterocycles. The molecule has 2 fully saturated rings. The molecule has 5 nitrogen and oxygen atoms in total. The van der Waals surface area contributed by atoms with Gasteiger partial charge in [0.15, 0.2) is 0 Å². The van der Waals surface area contributed by atoms with Gasteiger partial charge in [-0.05, 0) is 56.2 Å². The standard InChI is InChI=1S/C19H24Cl2N2O3/c1-11(13-4-5-16(20)17(21)6-13)19(26)22-14-7-15(8-14)23(10-18(24)25)9-12-2-3-12/h4-6,11-12,14-15H,2-3,7-10H2,1H3,(H,22,26)(H,24,25). The molecule has 142 valence electrons. The maximum atomic E-state index is 12.5. The lowest BCUT2D eigenvalue weighted by atomic mass is 9.84. The summed E-state index contributed by atoms with van der Waals surface area (Å²) in [6, 6.07) is 5.59. The van der Waals surface area contributed by atoms with Crippen molar-refractivity contribution < 1.29 is 14.7 Å². The van der Waals surface area contributed by atoms with Crippen molar-refractivity contribution in [2.24, 2.45) is 5.92 Å². The number of rotatable bonds is 8. The number of amides is 1.